The fourth-order valence-corrected chi connectivity index (χ4v) is 4.34. The molecule has 0 radical (unpaired) electrons. The number of halogens is 6. The van der Waals surface area contributed by atoms with Crippen molar-refractivity contribution in [3.63, 3.8) is 0 Å². The zero-order chi connectivity index (χ0) is 23.6. The van der Waals surface area contributed by atoms with E-state index in [9.17, 15) is 31.1 Å². The maximum absolute atomic E-state index is 14.5. The molecule has 2 fully saturated rings. The Morgan fingerprint density at radius 1 is 1.06 bits per heavy atom. The third-order valence-electron chi connectivity index (χ3n) is 5.51. The Hall–Kier alpha value is -2.79. The maximum atomic E-state index is 14.5. The van der Waals surface area contributed by atoms with E-state index < -0.39 is 46.7 Å². The van der Waals surface area contributed by atoms with E-state index in [4.69, 9.17) is 4.74 Å². The van der Waals surface area contributed by atoms with E-state index in [0.717, 1.165) is 0 Å². The van der Waals surface area contributed by atoms with Crippen LogP contribution in [0, 0.1) is 17.7 Å². The smallest absolute Gasteiger partial charge is 0.422 e. The minimum atomic E-state index is -5.32. The molecule has 1 aromatic carbocycles. The molecule has 2 bridgehead atoms. The lowest BCUT2D eigenvalue weighted by atomic mass is 10.1. The van der Waals surface area contributed by atoms with E-state index in [1.807, 2.05) is 0 Å². The van der Waals surface area contributed by atoms with Gasteiger partial charge < -0.3 is 9.64 Å². The first-order chi connectivity index (χ1) is 14.8. The van der Waals surface area contributed by atoms with Gasteiger partial charge in [-0.2, -0.15) is 27.5 Å². The second kappa shape index (κ2) is 7.38. The second-order valence-corrected chi connectivity index (χ2v) is 8.94. The predicted octanol–water partition coefficient (Wildman–Crippen LogP) is 4.65. The van der Waals surface area contributed by atoms with Gasteiger partial charge in [-0.3, -0.25) is 4.90 Å². The number of nitrogens with zero attached hydrogens (tertiary/aromatic N) is 4. The number of benzene rings is 1. The first kappa shape index (κ1) is 22.4. The van der Waals surface area contributed by atoms with Gasteiger partial charge in [-0.1, -0.05) is 0 Å². The zero-order valence-electron chi connectivity index (χ0n) is 17.4. The standard InChI is InChI=1S/C20H20F6N4O2/c1-19(2,3)32-18(31)30-9-4-5-10(30)8-29(7-9)16-11-6-12(21)13(20(24,25)26)14(22)15(11)27-17(23)28-16/h6,9-10H,4-5,7-8H2,1-3H3/t9-,10?/m0/s1. The molecule has 174 valence electrons. The number of rotatable bonds is 1. The first-order valence-corrected chi connectivity index (χ1v) is 9.95. The highest BCUT2D eigenvalue weighted by Crippen LogP contribution is 2.40. The fourth-order valence-electron chi connectivity index (χ4n) is 4.34. The Morgan fingerprint density at radius 2 is 1.66 bits per heavy atom. The summed E-state index contributed by atoms with van der Waals surface area (Å²) in [5.41, 5.74) is -3.79. The molecule has 6 nitrogen and oxygen atoms in total. The minimum absolute atomic E-state index is 0.144. The summed E-state index contributed by atoms with van der Waals surface area (Å²) in [6.07, 6.45) is -6.02. The molecule has 0 N–H and O–H groups in total. The van der Waals surface area contributed by atoms with Crippen molar-refractivity contribution in [2.45, 2.75) is 57.5 Å². The van der Waals surface area contributed by atoms with E-state index in [-0.39, 0.29) is 36.4 Å². The molecule has 0 saturated carbocycles. The Labute approximate surface area is 179 Å². The van der Waals surface area contributed by atoms with Crippen molar-refractivity contribution in [2.75, 3.05) is 18.0 Å². The lowest BCUT2D eigenvalue weighted by molar-refractivity contribution is -0.142. The number of hydrogen-bond donors (Lipinski definition) is 0. The summed E-state index contributed by atoms with van der Waals surface area (Å²) < 4.78 is 87.5. The van der Waals surface area contributed by atoms with Crippen LogP contribution in [0.4, 0.5) is 37.0 Å². The van der Waals surface area contributed by atoms with Crippen molar-refractivity contribution in [1.82, 2.24) is 14.9 Å². The summed E-state index contributed by atoms with van der Waals surface area (Å²) in [7, 11) is 0. The summed E-state index contributed by atoms with van der Waals surface area (Å²) in [6, 6.07) is -0.195. The van der Waals surface area contributed by atoms with Crippen molar-refractivity contribution in [3.05, 3.63) is 29.3 Å². The molecule has 2 atom stereocenters. The van der Waals surface area contributed by atoms with Crippen molar-refractivity contribution >= 4 is 22.8 Å². The van der Waals surface area contributed by atoms with E-state index in [2.05, 4.69) is 9.97 Å². The Morgan fingerprint density at radius 3 is 2.19 bits per heavy atom. The molecule has 1 unspecified atom stereocenters. The summed E-state index contributed by atoms with van der Waals surface area (Å²) >= 11 is 0. The number of aromatic nitrogens is 2. The van der Waals surface area contributed by atoms with Crippen molar-refractivity contribution in [3.8, 4) is 0 Å². The summed E-state index contributed by atoms with van der Waals surface area (Å²) in [5.74, 6) is -4.06. The van der Waals surface area contributed by atoms with Gasteiger partial charge in [0.05, 0.1) is 12.1 Å². The van der Waals surface area contributed by atoms with E-state index in [1.54, 1.807) is 25.7 Å². The Balaban J connectivity index is 1.72. The van der Waals surface area contributed by atoms with E-state index in [0.29, 0.717) is 18.9 Å². The number of carbonyl (C=O) groups excluding carboxylic acids is 1. The van der Waals surface area contributed by atoms with Crippen LogP contribution in [0.1, 0.15) is 39.2 Å². The molecule has 2 aromatic rings. The molecule has 1 amide bonds. The predicted molar refractivity (Wildman–Crippen MR) is 102 cm³/mol. The largest absolute Gasteiger partial charge is 0.444 e. The number of piperazine rings is 1. The summed E-state index contributed by atoms with van der Waals surface area (Å²) in [5, 5.41) is -0.375. The highest BCUT2D eigenvalue weighted by molar-refractivity contribution is 5.90. The highest BCUT2D eigenvalue weighted by Gasteiger charge is 2.45. The zero-order valence-corrected chi connectivity index (χ0v) is 17.4. The molecular weight excluding hydrogens is 442 g/mol. The molecule has 2 saturated heterocycles. The quantitative estimate of drug-likeness (QED) is 0.456. The lowest BCUT2D eigenvalue weighted by Crippen LogP contribution is -2.57. The molecular formula is C20H20F6N4O2. The average Bonchev–Trinajstić information content (AvgIpc) is 2.90. The van der Waals surface area contributed by atoms with Gasteiger partial charge in [0, 0.05) is 18.5 Å². The van der Waals surface area contributed by atoms with Crippen LogP contribution < -0.4 is 4.90 Å². The third kappa shape index (κ3) is 3.90. The van der Waals surface area contributed by atoms with Gasteiger partial charge in [-0.25, -0.2) is 13.6 Å². The Bertz CT molecular complexity index is 1070. The summed E-state index contributed by atoms with van der Waals surface area (Å²) in [6.45, 7) is 5.49. The Kier molecular flexibility index (Phi) is 5.17. The van der Waals surface area contributed by atoms with Gasteiger partial charge in [0.2, 0.25) is 0 Å². The molecule has 32 heavy (non-hydrogen) atoms. The number of fused-ring (bicyclic) bond motifs is 3. The number of amides is 1. The first-order valence-electron chi connectivity index (χ1n) is 9.95. The monoisotopic (exact) mass is 462 g/mol. The molecule has 2 aliphatic heterocycles. The third-order valence-corrected chi connectivity index (χ3v) is 5.51. The van der Waals surface area contributed by atoms with Crippen molar-refractivity contribution in [1.29, 1.82) is 0 Å². The SMILES string of the molecule is CC(C)(C)OC(=O)N1C2CC[C@H]1CN(c1nc(F)nc3c(F)c(C(F)(F)F)c(F)cc13)C2. The average molecular weight is 462 g/mol. The van der Waals surface area contributed by atoms with E-state index >= 15 is 0 Å². The molecule has 0 spiro atoms. The van der Waals surface area contributed by atoms with Crippen LogP contribution in [0.2, 0.25) is 0 Å². The van der Waals surface area contributed by atoms with Crippen molar-refractivity contribution < 1.29 is 35.9 Å². The van der Waals surface area contributed by atoms with Gasteiger partial charge in [-0.05, 0) is 39.7 Å². The van der Waals surface area contributed by atoms with Crippen LogP contribution in [0.25, 0.3) is 10.9 Å². The number of anilines is 1. The molecule has 2 aliphatic rings. The van der Waals surface area contributed by atoms with Crippen LogP contribution in [0.3, 0.4) is 0 Å². The summed E-state index contributed by atoms with van der Waals surface area (Å²) in [4.78, 5) is 22.5. The highest BCUT2D eigenvalue weighted by atomic mass is 19.4. The molecule has 0 aliphatic carbocycles. The second-order valence-electron chi connectivity index (χ2n) is 8.94. The van der Waals surface area contributed by atoms with Gasteiger partial charge in [0.1, 0.15) is 28.3 Å². The molecule has 12 heteroatoms. The fraction of sp³-hybridized carbons (Fsp3) is 0.550. The van der Waals surface area contributed by atoms with Crippen molar-refractivity contribution in [2.24, 2.45) is 0 Å². The lowest BCUT2D eigenvalue weighted by Gasteiger charge is -2.42. The van der Waals surface area contributed by atoms with Crippen LogP contribution >= 0.6 is 0 Å². The topological polar surface area (TPSA) is 58.6 Å². The van der Waals surface area contributed by atoms with Gasteiger partial charge in [-0.15, -0.1) is 0 Å². The van der Waals surface area contributed by atoms with Gasteiger partial charge >= 0.3 is 18.3 Å². The number of ether oxygens (including phenoxy) is 1. The number of hydrogen-bond acceptors (Lipinski definition) is 5. The van der Waals surface area contributed by atoms with Crippen LogP contribution in [-0.4, -0.2) is 51.7 Å². The molecule has 3 heterocycles. The van der Waals surface area contributed by atoms with Gasteiger partial charge in [0.15, 0.2) is 5.82 Å². The van der Waals surface area contributed by atoms with Crippen LogP contribution in [0.15, 0.2) is 6.07 Å². The minimum Gasteiger partial charge on any atom is -0.444 e. The molecule has 4 rings (SSSR count). The van der Waals surface area contributed by atoms with E-state index in [1.165, 1.54) is 4.90 Å². The normalized spacial score (nSPS) is 21.4. The van der Waals surface area contributed by atoms with Gasteiger partial charge in [0.25, 0.3) is 0 Å². The maximum Gasteiger partial charge on any atom is 0.422 e. The number of carbonyl (C=O) groups is 1. The molecule has 1 aromatic heterocycles. The van der Waals surface area contributed by atoms with Crippen LogP contribution in [0.5, 0.6) is 0 Å². The number of alkyl halides is 3. The van der Waals surface area contributed by atoms with Crippen LogP contribution in [-0.2, 0) is 10.9 Å².